The Morgan fingerprint density at radius 3 is 2.14 bits per heavy atom. The Bertz CT molecular complexity index is 972. The van der Waals surface area contributed by atoms with E-state index in [9.17, 15) is 9.59 Å². The fraction of sp³-hybridized carbons (Fsp3) is 0.130. The van der Waals surface area contributed by atoms with Crippen LogP contribution in [0.2, 0.25) is 0 Å². The van der Waals surface area contributed by atoms with Crippen LogP contribution in [0.4, 0.5) is 11.4 Å². The second-order valence-electron chi connectivity index (χ2n) is 6.26. The maximum absolute atomic E-state index is 12.6. The molecule has 0 saturated carbocycles. The summed E-state index contributed by atoms with van der Waals surface area (Å²) in [6.45, 7) is -0.155. The zero-order valence-corrected chi connectivity index (χ0v) is 16.3. The van der Waals surface area contributed by atoms with Crippen LogP contribution < -0.4 is 19.7 Å². The van der Waals surface area contributed by atoms with Gasteiger partial charge in [0.1, 0.15) is 0 Å². The normalized spacial score (nSPS) is 10.1. The number of para-hydroxylation sites is 3. The van der Waals surface area contributed by atoms with Gasteiger partial charge < -0.3 is 19.7 Å². The van der Waals surface area contributed by atoms with Gasteiger partial charge in [0.05, 0.1) is 7.11 Å². The molecule has 0 aliphatic carbocycles. The summed E-state index contributed by atoms with van der Waals surface area (Å²) < 4.78 is 10.7. The first-order valence-corrected chi connectivity index (χ1v) is 9.07. The van der Waals surface area contributed by atoms with Gasteiger partial charge in [-0.15, -0.1) is 0 Å². The van der Waals surface area contributed by atoms with Crippen molar-refractivity contribution in [1.82, 2.24) is 0 Å². The highest BCUT2D eigenvalue weighted by molar-refractivity contribution is 6.06. The van der Waals surface area contributed by atoms with E-state index in [1.54, 1.807) is 61.5 Å². The topological polar surface area (TPSA) is 67.9 Å². The number of hydrogen-bond acceptors (Lipinski definition) is 4. The Kier molecular flexibility index (Phi) is 6.47. The van der Waals surface area contributed by atoms with Crippen LogP contribution in [-0.4, -0.2) is 32.6 Å². The lowest BCUT2D eigenvalue weighted by atomic mass is 10.1. The van der Waals surface area contributed by atoms with E-state index in [0.29, 0.717) is 22.7 Å². The molecule has 0 spiro atoms. The number of carbonyl (C=O) groups excluding carboxylic acids is 2. The van der Waals surface area contributed by atoms with E-state index < -0.39 is 0 Å². The van der Waals surface area contributed by atoms with Gasteiger partial charge in [0.2, 0.25) is 0 Å². The molecule has 0 unspecified atom stereocenters. The molecule has 1 N–H and O–H groups in total. The third-order valence-corrected chi connectivity index (χ3v) is 4.29. The summed E-state index contributed by atoms with van der Waals surface area (Å²) in [4.78, 5) is 26.3. The molecular weight excluding hydrogens is 368 g/mol. The summed E-state index contributed by atoms with van der Waals surface area (Å²) >= 11 is 0. The van der Waals surface area contributed by atoms with Crippen molar-refractivity contribution >= 4 is 23.2 Å². The molecule has 148 valence electrons. The van der Waals surface area contributed by atoms with Gasteiger partial charge >= 0.3 is 0 Å². The Balaban J connectivity index is 1.57. The van der Waals surface area contributed by atoms with Crippen molar-refractivity contribution in [3.05, 3.63) is 84.4 Å². The summed E-state index contributed by atoms with van der Waals surface area (Å²) in [5.41, 5.74) is 1.92. The van der Waals surface area contributed by atoms with E-state index in [1.807, 2.05) is 36.4 Å². The van der Waals surface area contributed by atoms with Crippen LogP contribution in [0, 0.1) is 0 Å². The molecule has 3 aromatic carbocycles. The highest BCUT2D eigenvalue weighted by atomic mass is 16.5. The number of benzene rings is 3. The van der Waals surface area contributed by atoms with Gasteiger partial charge in [0.15, 0.2) is 18.1 Å². The Labute approximate surface area is 169 Å². The highest BCUT2D eigenvalue weighted by Crippen LogP contribution is 2.25. The first-order chi connectivity index (χ1) is 14.1. The molecule has 2 amide bonds. The largest absolute Gasteiger partial charge is 0.493 e. The van der Waals surface area contributed by atoms with E-state index in [2.05, 4.69) is 5.32 Å². The number of methoxy groups -OCH3 is 1. The number of ether oxygens (including phenoxy) is 2. The van der Waals surface area contributed by atoms with Crippen molar-refractivity contribution in [3.8, 4) is 11.5 Å². The molecule has 0 radical (unpaired) electrons. The van der Waals surface area contributed by atoms with Crippen molar-refractivity contribution in [3.63, 3.8) is 0 Å². The number of nitrogens with zero attached hydrogens (tertiary/aromatic N) is 1. The van der Waals surface area contributed by atoms with Gasteiger partial charge in [-0.05, 0) is 48.5 Å². The molecule has 0 atom stereocenters. The number of hydrogen-bond donors (Lipinski definition) is 1. The van der Waals surface area contributed by atoms with Crippen molar-refractivity contribution in [2.24, 2.45) is 0 Å². The van der Waals surface area contributed by atoms with Gasteiger partial charge in [-0.1, -0.05) is 30.3 Å². The molecule has 6 nitrogen and oxygen atoms in total. The number of anilines is 2. The van der Waals surface area contributed by atoms with Crippen LogP contribution in [-0.2, 0) is 4.79 Å². The second kappa shape index (κ2) is 9.41. The maximum Gasteiger partial charge on any atom is 0.262 e. The number of nitrogens with one attached hydrogen (secondary N) is 1. The fourth-order valence-corrected chi connectivity index (χ4v) is 2.74. The first kappa shape index (κ1) is 19.9. The van der Waals surface area contributed by atoms with Gasteiger partial charge in [0.25, 0.3) is 11.8 Å². The second-order valence-corrected chi connectivity index (χ2v) is 6.26. The first-order valence-electron chi connectivity index (χ1n) is 9.07. The third kappa shape index (κ3) is 5.13. The predicted molar refractivity (Wildman–Crippen MR) is 113 cm³/mol. The maximum atomic E-state index is 12.6. The minimum atomic E-state index is -0.309. The van der Waals surface area contributed by atoms with Gasteiger partial charge in [0, 0.05) is 24.0 Å². The van der Waals surface area contributed by atoms with E-state index in [-0.39, 0.29) is 18.4 Å². The minimum absolute atomic E-state index is 0.131. The van der Waals surface area contributed by atoms with Crippen LogP contribution in [0.25, 0.3) is 0 Å². The Hall–Kier alpha value is -3.80. The molecule has 0 saturated heterocycles. The van der Waals surface area contributed by atoms with Crippen LogP contribution >= 0.6 is 0 Å². The molecule has 29 heavy (non-hydrogen) atoms. The highest BCUT2D eigenvalue weighted by Gasteiger charge is 2.13. The summed E-state index contributed by atoms with van der Waals surface area (Å²) in [5.74, 6) is 0.616. The average Bonchev–Trinajstić information content (AvgIpc) is 2.78. The third-order valence-electron chi connectivity index (χ3n) is 4.29. The molecule has 3 aromatic rings. The van der Waals surface area contributed by atoms with E-state index in [4.69, 9.17) is 9.47 Å². The SMILES string of the molecule is COc1ccccc1OCC(=O)Nc1ccc(C(=O)N(C)c2ccccc2)cc1. The molecule has 0 heterocycles. The van der Waals surface area contributed by atoms with Crippen molar-refractivity contribution in [2.45, 2.75) is 0 Å². The van der Waals surface area contributed by atoms with E-state index in [0.717, 1.165) is 5.69 Å². The van der Waals surface area contributed by atoms with Crippen molar-refractivity contribution in [1.29, 1.82) is 0 Å². The molecule has 0 aromatic heterocycles. The molecule has 0 aliphatic rings. The molecule has 3 rings (SSSR count). The summed E-state index contributed by atoms with van der Waals surface area (Å²) in [5, 5.41) is 2.75. The quantitative estimate of drug-likeness (QED) is 0.662. The number of amides is 2. The van der Waals surface area contributed by atoms with Crippen LogP contribution in [0.15, 0.2) is 78.9 Å². The van der Waals surface area contributed by atoms with Crippen molar-refractivity contribution < 1.29 is 19.1 Å². The lowest BCUT2D eigenvalue weighted by Crippen LogP contribution is -2.26. The number of rotatable bonds is 7. The summed E-state index contributed by atoms with van der Waals surface area (Å²) in [6.07, 6.45) is 0. The monoisotopic (exact) mass is 390 g/mol. The van der Waals surface area contributed by atoms with Crippen LogP contribution in [0.5, 0.6) is 11.5 Å². The van der Waals surface area contributed by atoms with E-state index in [1.165, 1.54) is 0 Å². The molecule has 0 aliphatic heterocycles. The van der Waals surface area contributed by atoms with Crippen LogP contribution in [0.3, 0.4) is 0 Å². The minimum Gasteiger partial charge on any atom is -0.493 e. The Morgan fingerprint density at radius 2 is 1.48 bits per heavy atom. The van der Waals surface area contributed by atoms with Gasteiger partial charge in [-0.25, -0.2) is 0 Å². The number of carbonyl (C=O) groups is 2. The molecule has 6 heteroatoms. The molecule has 0 fully saturated rings. The lowest BCUT2D eigenvalue weighted by molar-refractivity contribution is -0.118. The van der Waals surface area contributed by atoms with Crippen LogP contribution in [0.1, 0.15) is 10.4 Å². The Morgan fingerprint density at radius 1 is 0.862 bits per heavy atom. The summed E-state index contributed by atoms with van der Waals surface area (Å²) in [7, 11) is 3.27. The predicted octanol–water partition coefficient (Wildman–Crippen LogP) is 3.99. The molecule has 0 bridgehead atoms. The zero-order chi connectivity index (χ0) is 20.6. The van der Waals surface area contributed by atoms with Gasteiger partial charge in [-0.2, -0.15) is 0 Å². The lowest BCUT2D eigenvalue weighted by Gasteiger charge is -2.17. The smallest absolute Gasteiger partial charge is 0.262 e. The summed E-state index contributed by atoms with van der Waals surface area (Å²) in [6, 6.07) is 23.2. The van der Waals surface area contributed by atoms with Gasteiger partial charge in [-0.3, -0.25) is 9.59 Å². The van der Waals surface area contributed by atoms with E-state index >= 15 is 0 Å². The van der Waals surface area contributed by atoms with Crippen molar-refractivity contribution in [2.75, 3.05) is 31.0 Å². The zero-order valence-electron chi connectivity index (χ0n) is 16.3. The standard InChI is InChI=1S/C23H22N2O4/c1-25(19-8-4-3-5-9-19)23(27)17-12-14-18(15-13-17)24-22(26)16-29-21-11-7-6-10-20(21)28-2/h3-15H,16H2,1-2H3,(H,24,26). The fourth-order valence-electron chi connectivity index (χ4n) is 2.74. The average molecular weight is 390 g/mol. The molecular formula is C23H22N2O4.